The van der Waals surface area contributed by atoms with Crippen LogP contribution in [-0.2, 0) is 6.42 Å². The van der Waals surface area contributed by atoms with Gasteiger partial charge in [0.1, 0.15) is 0 Å². The van der Waals surface area contributed by atoms with E-state index >= 15 is 0 Å². The summed E-state index contributed by atoms with van der Waals surface area (Å²) in [7, 11) is 4.11. The number of likely N-dealkylation sites (N-methyl/N-ethyl adjacent to an activating group) is 1. The smallest absolute Gasteiger partial charge is 0.248 e. The minimum absolute atomic E-state index is 0. The Morgan fingerprint density at radius 3 is 2.39 bits per heavy atom. The van der Waals surface area contributed by atoms with Crippen LogP contribution in [0.25, 0.3) is 10.9 Å². The summed E-state index contributed by atoms with van der Waals surface area (Å²) in [6.07, 6.45) is 2.88. The van der Waals surface area contributed by atoms with Crippen LogP contribution in [0.5, 0.6) is 0 Å². The van der Waals surface area contributed by atoms with Crippen molar-refractivity contribution in [1.29, 1.82) is 0 Å². The number of nitrogens with two attached hydrogens (primary N) is 1. The van der Waals surface area contributed by atoms with E-state index in [9.17, 15) is 4.79 Å². The summed E-state index contributed by atoms with van der Waals surface area (Å²) in [5.74, 6) is 0.0983. The maximum absolute atomic E-state index is 12.6. The second kappa shape index (κ2) is 9.28. The Balaban J connectivity index is 0.00000242. The van der Waals surface area contributed by atoms with Crippen LogP contribution in [0.1, 0.15) is 24.2 Å². The summed E-state index contributed by atoms with van der Waals surface area (Å²) < 4.78 is 1.73. The predicted octanol–water partition coefficient (Wildman–Crippen LogP) is 3.21. The molecule has 23 heavy (non-hydrogen) atoms. The average molecular weight is 360 g/mol. The van der Waals surface area contributed by atoms with Crippen molar-refractivity contribution in [3.05, 3.63) is 36.0 Å². The van der Waals surface area contributed by atoms with E-state index in [4.69, 9.17) is 5.73 Å². The van der Waals surface area contributed by atoms with Crippen molar-refractivity contribution in [3.63, 3.8) is 0 Å². The molecule has 0 saturated heterocycles. The minimum atomic E-state index is -0.470. The number of aromatic nitrogens is 1. The Kier molecular flexibility index (Phi) is 8.85. The van der Waals surface area contributed by atoms with Gasteiger partial charge >= 0.3 is 0 Å². The van der Waals surface area contributed by atoms with Gasteiger partial charge in [0.05, 0.1) is 11.6 Å². The van der Waals surface area contributed by atoms with Crippen molar-refractivity contribution in [2.75, 3.05) is 20.6 Å². The minimum Gasteiger partial charge on any atom is -0.320 e. The van der Waals surface area contributed by atoms with E-state index in [-0.39, 0.29) is 36.6 Å². The summed E-state index contributed by atoms with van der Waals surface area (Å²) in [5.41, 5.74) is 8.18. The fraction of sp³-hybridized carbons (Fsp3) is 0.471. The first-order chi connectivity index (χ1) is 9.91. The molecular weight excluding hydrogens is 333 g/mol. The molecule has 0 saturated carbocycles. The molecule has 0 aliphatic heterocycles. The van der Waals surface area contributed by atoms with Gasteiger partial charge < -0.3 is 10.6 Å². The van der Waals surface area contributed by atoms with Gasteiger partial charge in [-0.1, -0.05) is 32.0 Å². The fourth-order valence-corrected chi connectivity index (χ4v) is 2.42. The van der Waals surface area contributed by atoms with E-state index in [1.807, 2.05) is 38.2 Å². The van der Waals surface area contributed by atoms with Gasteiger partial charge in [0.15, 0.2) is 0 Å². The molecule has 0 bridgehead atoms. The molecule has 1 aromatic carbocycles. The SMILES string of the molecule is CC(C)[C@H](N)C(=O)n1cc(CCN(C)C)c2ccccc21.Cl.Cl. The van der Waals surface area contributed by atoms with Crippen LogP contribution < -0.4 is 5.73 Å². The summed E-state index contributed by atoms with van der Waals surface area (Å²) in [6, 6.07) is 7.56. The van der Waals surface area contributed by atoms with E-state index in [0.29, 0.717) is 0 Å². The van der Waals surface area contributed by atoms with Crippen LogP contribution in [-0.4, -0.2) is 42.1 Å². The number of benzene rings is 1. The number of rotatable bonds is 5. The van der Waals surface area contributed by atoms with E-state index < -0.39 is 6.04 Å². The number of carbonyl (C=O) groups excluding carboxylic acids is 1. The number of para-hydroxylation sites is 1. The highest BCUT2D eigenvalue weighted by Gasteiger charge is 2.21. The topological polar surface area (TPSA) is 51.3 Å². The zero-order valence-electron chi connectivity index (χ0n) is 14.2. The Labute approximate surface area is 150 Å². The third-order valence-corrected chi connectivity index (χ3v) is 3.86. The van der Waals surface area contributed by atoms with E-state index in [2.05, 4.69) is 25.1 Å². The number of halogens is 2. The van der Waals surface area contributed by atoms with Gasteiger partial charge in [-0.05, 0) is 38.1 Å². The molecule has 1 aromatic heterocycles. The zero-order valence-corrected chi connectivity index (χ0v) is 15.8. The normalized spacial score (nSPS) is 12.1. The van der Waals surface area contributed by atoms with Crippen LogP contribution >= 0.6 is 24.8 Å². The average Bonchev–Trinajstić information content (AvgIpc) is 2.82. The Hall–Kier alpha value is -1.07. The maximum Gasteiger partial charge on any atom is 0.248 e. The Bertz CT molecular complexity index is 638. The molecule has 0 aliphatic rings. The second-order valence-corrected chi connectivity index (χ2v) is 6.20. The lowest BCUT2D eigenvalue weighted by molar-refractivity contribution is 0.0862. The maximum atomic E-state index is 12.6. The van der Waals surface area contributed by atoms with Crippen molar-refractivity contribution in [3.8, 4) is 0 Å². The van der Waals surface area contributed by atoms with Gasteiger partial charge in [0.2, 0.25) is 5.91 Å². The van der Waals surface area contributed by atoms with Gasteiger partial charge in [-0.3, -0.25) is 9.36 Å². The fourth-order valence-electron chi connectivity index (χ4n) is 2.42. The van der Waals surface area contributed by atoms with E-state index in [1.54, 1.807) is 4.57 Å². The number of nitrogens with zero attached hydrogens (tertiary/aromatic N) is 2. The van der Waals surface area contributed by atoms with Gasteiger partial charge in [0.25, 0.3) is 0 Å². The molecule has 130 valence electrons. The molecule has 1 atom stereocenters. The van der Waals surface area contributed by atoms with E-state index in [1.165, 1.54) is 5.56 Å². The summed E-state index contributed by atoms with van der Waals surface area (Å²) in [4.78, 5) is 14.7. The summed E-state index contributed by atoms with van der Waals surface area (Å²) in [6.45, 7) is 4.90. The Morgan fingerprint density at radius 1 is 1.22 bits per heavy atom. The first kappa shape index (κ1) is 21.9. The summed E-state index contributed by atoms with van der Waals surface area (Å²) >= 11 is 0. The van der Waals surface area contributed by atoms with Crippen LogP contribution in [0.3, 0.4) is 0 Å². The number of carbonyl (C=O) groups is 1. The molecule has 0 unspecified atom stereocenters. The molecule has 4 nitrogen and oxygen atoms in total. The third-order valence-electron chi connectivity index (χ3n) is 3.86. The molecule has 0 radical (unpaired) electrons. The van der Waals surface area contributed by atoms with Crippen molar-refractivity contribution in [1.82, 2.24) is 9.47 Å². The molecule has 1 heterocycles. The standard InChI is InChI=1S/C17H25N3O.2ClH/c1-12(2)16(18)17(21)20-11-13(9-10-19(3)4)14-7-5-6-8-15(14)20;;/h5-8,11-12,16H,9-10,18H2,1-4H3;2*1H/t16-;;/m0../s1. The Morgan fingerprint density at radius 2 is 1.83 bits per heavy atom. The lowest BCUT2D eigenvalue weighted by atomic mass is 10.1. The number of fused-ring (bicyclic) bond motifs is 1. The van der Waals surface area contributed by atoms with Crippen molar-refractivity contribution in [2.45, 2.75) is 26.3 Å². The number of hydrogen-bond acceptors (Lipinski definition) is 3. The lowest BCUT2D eigenvalue weighted by Gasteiger charge is -2.15. The van der Waals surface area contributed by atoms with Gasteiger partial charge in [0, 0.05) is 18.1 Å². The van der Waals surface area contributed by atoms with Crippen LogP contribution in [0.4, 0.5) is 0 Å². The second-order valence-electron chi connectivity index (χ2n) is 6.20. The highest BCUT2D eigenvalue weighted by molar-refractivity contribution is 5.96. The quantitative estimate of drug-likeness (QED) is 0.891. The van der Waals surface area contributed by atoms with Crippen molar-refractivity contribution < 1.29 is 4.79 Å². The summed E-state index contributed by atoms with van der Waals surface area (Å²) in [5, 5.41) is 1.14. The molecule has 0 spiro atoms. The highest BCUT2D eigenvalue weighted by atomic mass is 35.5. The van der Waals surface area contributed by atoms with Gasteiger partial charge in [-0.2, -0.15) is 0 Å². The van der Waals surface area contributed by atoms with Crippen molar-refractivity contribution >= 4 is 41.6 Å². The monoisotopic (exact) mass is 359 g/mol. The van der Waals surface area contributed by atoms with Crippen molar-refractivity contribution in [2.24, 2.45) is 11.7 Å². The zero-order chi connectivity index (χ0) is 15.6. The highest BCUT2D eigenvalue weighted by Crippen LogP contribution is 2.22. The van der Waals surface area contributed by atoms with Crippen LogP contribution in [0.2, 0.25) is 0 Å². The number of hydrogen-bond donors (Lipinski definition) is 1. The third kappa shape index (κ3) is 4.95. The molecule has 0 aliphatic carbocycles. The first-order valence-electron chi connectivity index (χ1n) is 7.45. The predicted molar refractivity (Wildman–Crippen MR) is 102 cm³/mol. The molecule has 6 heteroatoms. The molecule has 2 aromatic rings. The van der Waals surface area contributed by atoms with Gasteiger partial charge in [-0.15, -0.1) is 24.8 Å². The lowest BCUT2D eigenvalue weighted by Crippen LogP contribution is -2.38. The molecule has 2 rings (SSSR count). The first-order valence-corrected chi connectivity index (χ1v) is 7.45. The molecule has 0 amide bonds. The molecule has 0 fully saturated rings. The largest absolute Gasteiger partial charge is 0.320 e. The molecular formula is C17H27Cl2N3O. The van der Waals surface area contributed by atoms with Crippen LogP contribution in [0, 0.1) is 5.92 Å². The van der Waals surface area contributed by atoms with E-state index in [0.717, 1.165) is 23.9 Å². The molecule has 2 N–H and O–H groups in total. The van der Waals surface area contributed by atoms with Crippen LogP contribution in [0.15, 0.2) is 30.5 Å². The van der Waals surface area contributed by atoms with Gasteiger partial charge in [-0.25, -0.2) is 0 Å².